The van der Waals surface area contributed by atoms with E-state index in [9.17, 15) is 4.79 Å². The lowest BCUT2D eigenvalue weighted by atomic mass is 9.95. The van der Waals surface area contributed by atoms with Gasteiger partial charge in [0.25, 0.3) is 0 Å². The minimum Gasteiger partial charge on any atom is -0.379 e. The van der Waals surface area contributed by atoms with Gasteiger partial charge < -0.3 is 15.4 Å². The van der Waals surface area contributed by atoms with Crippen molar-refractivity contribution in [3.63, 3.8) is 0 Å². The summed E-state index contributed by atoms with van der Waals surface area (Å²) in [6.07, 6.45) is 2.02. The molecule has 15 heavy (non-hydrogen) atoms. The maximum absolute atomic E-state index is 11.6. The summed E-state index contributed by atoms with van der Waals surface area (Å²) in [4.78, 5) is 11.6. The highest BCUT2D eigenvalue weighted by Crippen LogP contribution is 2.17. The van der Waals surface area contributed by atoms with Crippen LogP contribution in [0.25, 0.3) is 0 Å². The molecule has 1 rings (SSSR count). The third-order valence-corrected chi connectivity index (χ3v) is 2.55. The summed E-state index contributed by atoms with van der Waals surface area (Å²) in [5.41, 5.74) is -0.173. The molecule has 1 saturated heterocycles. The van der Waals surface area contributed by atoms with Crippen LogP contribution in [0.2, 0.25) is 0 Å². The summed E-state index contributed by atoms with van der Waals surface area (Å²) < 4.78 is 5.38. The van der Waals surface area contributed by atoms with Gasteiger partial charge in [0.1, 0.15) is 0 Å². The fourth-order valence-electron chi connectivity index (χ4n) is 1.71. The fraction of sp³-hybridized carbons (Fsp3) is 0.909. The van der Waals surface area contributed by atoms with E-state index in [0.717, 1.165) is 19.4 Å². The van der Waals surface area contributed by atoms with Gasteiger partial charge in [-0.25, -0.2) is 0 Å². The van der Waals surface area contributed by atoms with Crippen LogP contribution in [0.4, 0.5) is 0 Å². The largest absolute Gasteiger partial charge is 0.379 e. The van der Waals surface area contributed by atoms with Gasteiger partial charge in [-0.2, -0.15) is 0 Å². The van der Waals surface area contributed by atoms with E-state index in [2.05, 4.69) is 10.6 Å². The quantitative estimate of drug-likeness (QED) is 0.723. The van der Waals surface area contributed by atoms with E-state index in [1.54, 1.807) is 0 Å². The molecule has 1 fully saturated rings. The Labute approximate surface area is 91.8 Å². The zero-order chi connectivity index (χ0) is 11.3. The van der Waals surface area contributed by atoms with Crippen LogP contribution in [-0.4, -0.2) is 37.2 Å². The molecule has 1 aliphatic heterocycles. The molecule has 0 aliphatic carbocycles. The van der Waals surface area contributed by atoms with Gasteiger partial charge in [-0.15, -0.1) is 0 Å². The molecule has 0 bridgehead atoms. The van der Waals surface area contributed by atoms with Crippen LogP contribution < -0.4 is 10.6 Å². The molecular weight excluding hydrogens is 192 g/mol. The van der Waals surface area contributed by atoms with E-state index >= 15 is 0 Å². The molecule has 1 atom stereocenters. The zero-order valence-corrected chi connectivity index (χ0v) is 9.93. The number of hydrogen-bond donors (Lipinski definition) is 2. The third kappa shape index (κ3) is 4.62. The van der Waals surface area contributed by atoms with Crippen molar-refractivity contribution in [1.82, 2.24) is 10.6 Å². The third-order valence-electron chi connectivity index (χ3n) is 2.55. The maximum Gasteiger partial charge on any atom is 0.234 e. The molecule has 0 spiro atoms. The molecule has 0 saturated carbocycles. The summed E-state index contributed by atoms with van der Waals surface area (Å²) in [6.45, 7) is 7.92. The fourth-order valence-corrected chi connectivity index (χ4v) is 1.71. The number of hydrogen-bond acceptors (Lipinski definition) is 3. The van der Waals surface area contributed by atoms with Crippen LogP contribution in [0.5, 0.6) is 0 Å². The van der Waals surface area contributed by atoms with E-state index in [0.29, 0.717) is 19.2 Å². The molecule has 2 N–H and O–H groups in total. The van der Waals surface area contributed by atoms with Crippen molar-refractivity contribution < 1.29 is 9.53 Å². The molecular formula is C11H22N2O2. The number of rotatable bonds is 4. The predicted molar refractivity (Wildman–Crippen MR) is 59.7 cm³/mol. The predicted octanol–water partition coefficient (Wildman–Crippen LogP) is 0.670. The second-order valence-corrected chi connectivity index (χ2v) is 4.80. The van der Waals surface area contributed by atoms with Crippen molar-refractivity contribution in [3.8, 4) is 0 Å². The molecule has 1 heterocycles. The average Bonchev–Trinajstić information content (AvgIpc) is 2.15. The van der Waals surface area contributed by atoms with Gasteiger partial charge in [0.05, 0.1) is 18.7 Å². The number of carbonyl (C=O) groups is 1. The first kappa shape index (κ1) is 12.5. The highest BCUT2D eigenvalue weighted by atomic mass is 16.5. The van der Waals surface area contributed by atoms with Crippen LogP contribution in [0.1, 0.15) is 33.6 Å². The Morgan fingerprint density at radius 3 is 2.80 bits per heavy atom. The number of nitrogens with one attached hydrogen (secondary N) is 2. The Hall–Kier alpha value is -0.610. The molecule has 0 aromatic heterocycles. The van der Waals surface area contributed by atoms with Crippen molar-refractivity contribution in [3.05, 3.63) is 0 Å². The monoisotopic (exact) mass is 214 g/mol. The van der Waals surface area contributed by atoms with Crippen LogP contribution >= 0.6 is 0 Å². The molecule has 4 heteroatoms. The Kier molecular flexibility index (Phi) is 4.54. The summed E-state index contributed by atoms with van der Waals surface area (Å²) in [5, 5.41) is 6.12. The van der Waals surface area contributed by atoms with E-state index in [4.69, 9.17) is 4.74 Å². The summed E-state index contributed by atoms with van der Waals surface area (Å²) in [7, 11) is 0. The Balaban J connectivity index is 2.29. The summed E-state index contributed by atoms with van der Waals surface area (Å²) >= 11 is 0. The van der Waals surface area contributed by atoms with Gasteiger partial charge in [0.15, 0.2) is 0 Å². The van der Waals surface area contributed by atoms with E-state index < -0.39 is 0 Å². The van der Waals surface area contributed by atoms with Crippen molar-refractivity contribution in [2.45, 2.75) is 45.2 Å². The molecule has 0 aromatic carbocycles. The lowest BCUT2D eigenvalue weighted by Crippen LogP contribution is -2.53. The van der Waals surface area contributed by atoms with E-state index in [1.807, 2.05) is 20.8 Å². The highest BCUT2D eigenvalue weighted by molar-refractivity contribution is 5.78. The van der Waals surface area contributed by atoms with E-state index in [1.165, 1.54) is 0 Å². The van der Waals surface area contributed by atoms with Crippen molar-refractivity contribution in [2.75, 3.05) is 19.8 Å². The highest BCUT2D eigenvalue weighted by Gasteiger charge is 2.28. The second-order valence-electron chi connectivity index (χ2n) is 4.80. The van der Waals surface area contributed by atoms with Crippen molar-refractivity contribution >= 4 is 5.91 Å². The lowest BCUT2D eigenvalue weighted by Gasteiger charge is -2.34. The van der Waals surface area contributed by atoms with Crippen LogP contribution in [0.3, 0.4) is 0 Å². The Morgan fingerprint density at radius 1 is 1.53 bits per heavy atom. The van der Waals surface area contributed by atoms with Crippen LogP contribution in [0, 0.1) is 0 Å². The normalized spacial score (nSPS) is 26.7. The lowest BCUT2D eigenvalue weighted by molar-refractivity contribution is -0.123. The summed E-state index contributed by atoms with van der Waals surface area (Å²) in [5.74, 6) is 0.0525. The number of ether oxygens (including phenoxy) is 1. The summed E-state index contributed by atoms with van der Waals surface area (Å²) in [6, 6.07) is 0.339. The first-order chi connectivity index (χ1) is 7.02. The van der Waals surface area contributed by atoms with Crippen molar-refractivity contribution in [2.24, 2.45) is 0 Å². The van der Waals surface area contributed by atoms with Gasteiger partial charge in [-0.05, 0) is 19.8 Å². The minimum atomic E-state index is -0.173. The van der Waals surface area contributed by atoms with Crippen molar-refractivity contribution in [1.29, 1.82) is 0 Å². The number of amides is 1. The standard InChI is InChI=1S/C11H22N2O2/c1-9(2)12-7-10(14)13-11(3)5-4-6-15-8-11/h9,12H,4-8H2,1-3H3,(H,13,14). The maximum atomic E-state index is 11.6. The van der Waals surface area contributed by atoms with Gasteiger partial charge in [-0.3, -0.25) is 4.79 Å². The minimum absolute atomic E-state index is 0.0525. The molecule has 88 valence electrons. The van der Waals surface area contributed by atoms with Gasteiger partial charge >= 0.3 is 0 Å². The first-order valence-corrected chi connectivity index (χ1v) is 5.64. The molecule has 4 nitrogen and oxygen atoms in total. The smallest absolute Gasteiger partial charge is 0.234 e. The van der Waals surface area contributed by atoms with Gasteiger partial charge in [-0.1, -0.05) is 13.8 Å². The van der Waals surface area contributed by atoms with Gasteiger partial charge in [0.2, 0.25) is 5.91 Å². The molecule has 1 aliphatic rings. The topological polar surface area (TPSA) is 50.4 Å². The molecule has 0 aromatic rings. The zero-order valence-electron chi connectivity index (χ0n) is 9.93. The Bertz CT molecular complexity index is 211. The molecule has 0 radical (unpaired) electrons. The first-order valence-electron chi connectivity index (χ1n) is 5.64. The molecule has 1 unspecified atom stereocenters. The SMILES string of the molecule is CC(C)NCC(=O)NC1(C)CCCOC1. The van der Waals surface area contributed by atoms with E-state index in [-0.39, 0.29) is 11.4 Å². The van der Waals surface area contributed by atoms with Crippen LogP contribution in [0.15, 0.2) is 0 Å². The average molecular weight is 214 g/mol. The number of carbonyl (C=O) groups excluding carboxylic acids is 1. The second kappa shape index (κ2) is 5.47. The van der Waals surface area contributed by atoms with Crippen LogP contribution in [-0.2, 0) is 9.53 Å². The Morgan fingerprint density at radius 2 is 2.27 bits per heavy atom. The molecule has 1 amide bonds. The van der Waals surface area contributed by atoms with Gasteiger partial charge in [0, 0.05) is 12.6 Å².